The van der Waals surface area contributed by atoms with Crippen LogP contribution in [0.25, 0.3) is 0 Å². The first-order valence-corrected chi connectivity index (χ1v) is 14.2. The first kappa shape index (κ1) is 29.2. The Labute approximate surface area is 241 Å². The number of hydrogen-bond donors (Lipinski definition) is 2. The highest BCUT2D eigenvalue weighted by Crippen LogP contribution is 2.43. The van der Waals surface area contributed by atoms with E-state index in [0.717, 1.165) is 18.7 Å². The van der Waals surface area contributed by atoms with Gasteiger partial charge in [0.05, 0.1) is 24.2 Å². The molecule has 0 saturated carbocycles. The van der Waals surface area contributed by atoms with E-state index < -0.39 is 23.5 Å². The van der Waals surface area contributed by atoms with Crippen LogP contribution in [0.2, 0.25) is 5.02 Å². The quantitative estimate of drug-likeness (QED) is 0.314. The normalized spacial score (nSPS) is 22.5. The summed E-state index contributed by atoms with van der Waals surface area (Å²) in [4.78, 5) is 33.7. The fraction of sp³-hybridized carbons (Fsp3) is 0.433. The van der Waals surface area contributed by atoms with Crippen LogP contribution >= 0.6 is 24.2 Å². The third kappa shape index (κ3) is 6.68. The van der Waals surface area contributed by atoms with Gasteiger partial charge in [0.25, 0.3) is 0 Å². The van der Waals surface area contributed by atoms with Crippen molar-refractivity contribution in [1.82, 2.24) is 15.2 Å². The van der Waals surface area contributed by atoms with E-state index in [1.807, 2.05) is 50.4 Å². The zero-order valence-corrected chi connectivity index (χ0v) is 24.5. The number of esters is 2. The van der Waals surface area contributed by atoms with Gasteiger partial charge in [0, 0.05) is 54.9 Å². The molecule has 1 fully saturated rings. The first-order valence-electron chi connectivity index (χ1n) is 13.1. The van der Waals surface area contributed by atoms with Crippen LogP contribution in [0.5, 0.6) is 0 Å². The molecule has 39 heavy (non-hydrogen) atoms. The Morgan fingerprint density at radius 3 is 2.67 bits per heavy atom. The van der Waals surface area contributed by atoms with Crippen LogP contribution in [0.4, 0.5) is 0 Å². The van der Waals surface area contributed by atoms with Crippen molar-refractivity contribution in [2.24, 2.45) is 5.92 Å². The number of rotatable bonds is 9. The molecule has 2 aliphatic heterocycles. The summed E-state index contributed by atoms with van der Waals surface area (Å²) in [5.41, 5.74) is 3.13. The number of methoxy groups -OCH3 is 1. The number of benzene rings is 1. The summed E-state index contributed by atoms with van der Waals surface area (Å²) in [5, 5.41) is 3.80. The van der Waals surface area contributed by atoms with Gasteiger partial charge in [0.2, 0.25) is 0 Å². The zero-order chi connectivity index (χ0) is 28.2. The van der Waals surface area contributed by atoms with Crippen LogP contribution in [0.1, 0.15) is 50.7 Å². The first-order chi connectivity index (χ1) is 18.7. The van der Waals surface area contributed by atoms with Gasteiger partial charge in [-0.25, -0.2) is 9.59 Å². The molecule has 1 aromatic carbocycles. The molecule has 2 aliphatic rings. The largest absolute Gasteiger partial charge is 0.466 e. The second-order valence-electron chi connectivity index (χ2n) is 10.7. The smallest absolute Gasteiger partial charge is 0.337 e. The van der Waals surface area contributed by atoms with Crippen LogP contribution in [0, 0.1) is 5.92 Å². The average Bonchev–Trinajstić information content (AvgIpc) is 3.28. The van der Waals surface area contributed by atoms with E-state index in [1.54, 1.807) is 12.3 Å². The van der Waals surface area contributed by atoms with Crippen LogP contribution in [0.3, 0.4) is 0 Å². The molecule has 208 valence electrons. The Bertz CT molecular complexity index is 1280. The number of carbonyl (C=O) groups excluding carboxylic acids is 2. The molecule has 4 rings (SSSR count). The topological polar surface area (TPSA) is 80.8 Å². The lowest BCUT2D eigenvalue weighted by atomic mass is 9.79. The third-order valence-corrected chi connectivity index (χ3v) is 8.30. The molecule has 1 saturated heterocycles. The van der Waals surface area contributed by atoms with E-state index >= 15 is 0 Å². The number of aromatic nitrogens is 1. The summed E-state index contributed by atoms with van der Waals surface area (Å²) in [6.45, 7) is 7.96. The number of hydrogen-bond acceptors (Lipinski definition) is 8. The van der Waals surface area contributed by atoms with Crippen molar-refractivity contribution >= 4 is 36.2 Å². The SMILES string of the molecule is COC(=O)C1=C(C)NC(CC(C)CS)=C(C(=O)OC2(C)CCN(Cc3cccnc3)C2)C1c1ccccc1Cl. The molecule has 1 N–H and O–H groups in total. The molecule has 7 nitrogen and oxygen atoms in total. The number of carbonyl (C=O) groups is 2. The number of allylic oxidation sites excluding steroid dienone is 2. The fourth-order valence-corrected chi connectivity index (χ4v) is 5.76. The van der Waals surface area contributed by atoms with E-state index in [0.29, 0.717) is 58.3 Å². The molecular formula is C30H36ClN3O4S. The van der Waals surface area contributed by atoms with E-state index in [2.05, 4.69) is 34.8 Å². The van der Waals surface area contributed by atoms with Crippen molar-refractivity contribution in [3.8, 4) is 0 Å². The standard InChI is InChI=1S/C30H36ClN3O4S/c1-19(17-39)14-24-27(26(22-9-5-6-10-23(22)31)25(20(2)33-24)28(35)37-4)29(36)38-30(3)11-13-34(18-30)16-21-8-7-12-32-15-21/h5-10,12,15,19,26,33,39H,11,13-14,16-18H2,1-4H3. The molecule has 2 aromatic rings. The van der Waals surface area contributed by atoms with Gasteiger partial charge in [0.15, 0.2) is 0 Å². The molecule has 0 bridgehead atoms. The Kier molecular flexibility index (Phi) is 9.41. The number of dihydropyridines is 1. The van der Waals surface area contributed by atoms with E-state index in [1.165, 1.54) is 7.11 Å². The Morgan fingerprint density at radius 2 is 2.00 bits per heavy atom. The Morgan fingerprint density at radius 1 is 1.23 bits per heavy atom. The van der Waals surface area contributed by atoms with Crippen LogP contribution in [-0.2, 0) is 25.6 Å². The number of halogens is 1. The zero-order valence-electron chi connectivity index (χ0n) is 22.9. The highest BCUT2D eigenvalue weighted by atomic mass is 35.5. The number of nitrogens with one attached hydrogen (secondary N) is 1. The van der Waals surface area contributed by atoms with Gasteiger partial charge in [-0.1, -0.05) is 42.8 Å². The number of ether oxygens (including phenoxy) is 2. The van der Waals surface area contributed by atoms with Gasteiger partial charge < -0.3 is 14.8 Å². The van der Waals surface area contributed by atoms with Crippen molar-refractivity contribution in [3.05, 3.63) is 87.5 Å². The van der Waals surface area contributed by atoms with Crippen molar-refractivity contribution in [3.63, 3.8) is 0 Å². The van der Waals surface area contributed by atoms with E-state index in [4.69, 9.17) is 21.1 Å². The highest BCUT2D eigenvalue weighted by molar-refractivity contribution is 7.80. The Hall–Kier alpha value is -2.81. The number of nitrogens with zero attached hydrogens (tertiary/aromatic N) is 2. The molecule has 0 amide bonds. The lowest BCUT2D eigenvalue weighted by Crippen LogP contribution is -2.39. The summed E-state index contributed by atoms with van der Waals surface area (Å²) in [6, 6.07) is 11.2. The van der Waals surface area contributed by atoms with Crippen molar-refractivity contribution < 1.29 is 19.1 Å². The van der Waals surface area contributed by atoms with Gasteiger partial charge in [-0.3, -0.25) is 9.88 Å². The number of thiol groups is 1. The van der Waals surface area contributed by atoms with Crippen LogP contribution in [-0.4, -0.2) is 53.4 Å². The molecule has 0 radical (unpaired) electrons. The summed E-state index contributed by atoms with van der Waals surface area (Å²) >= 11 is 11.1. The molecule has 9 heteroatoms. The minimum atomic E-state index is -0.737. The molecule has 1 aromatic heterocycles. The minimum absolute atomic E-state index is 0.176. The number of pyridine rings is 1. The highest BCUT2D eigenvalue weighted by Gasteiger charge is 2.43. The average molecular weight is 570 g/mol. The van der Waals surface area contributed by atoms with Gasteiger partial charge in [-0.2, -0.15) is 12.6 Å². The van der Waals surface area contributed by atoms with Gasteiger partial charge in [-0.15, -0.1) is 0 Å². The summed E-state index contributed by atoms with van der Waals surface area (Å²) < 4.78 is 11.5. The second-order valence-corrected chi connectivity index (χ2v) is 11.4. The summed E-state index contributed by atoms with van der Waals surface area (Å²) in [6.07, 6.45) is 4.86. The maximum Gasteiger partial charge on any atom is 0.337 e. The minimum Gasteiger partial charge on any atom is -0.466 e. The van der Waals surface area contributed by atoms with E-state index in [9.17, 15) is 9.59 Å². The maximum atomic E-state index is 14.2. The van der Waals surface area contributed by atoms with Crippen molar-refractivity contribution in [1.29, 1.82) is 0 Å². The van der Waals surface area contributed by atoms with Gasteiger partial charge in [-0.05, 0) is 55.2 Å². The van der Waals surface area contributed by atoms with Crippen LogP contribution in [0.15, 0.2) is 71.3 Å². The molecule has 0 aliphatic carbocycles. The lowest BCUT2D eigenvalue weighted by Gasteiger charge is -2.34. The number of likely N-dealkylation sites (tertiary alicyclic amines) is 1. The van der Waals surface area contributed by atoms with Gasteiger partial charge >= 0.3 is 11.9 Å². The maximum absolute atomic E-state index is 14.2. The van der Waals surface area contributed by atoms with E-state index in [-0.39, 0.29) is 5.92 Å². The predicted molar refractivity (Wildman–Crippen MR) is 155 cm³/mol. The monoisotopic (exact) mass is 569 g/mol. The van der Waals surface area contributed by atoms with Crippen molar-refractivity contribution in [2.45, 2.75) is 51.7 Å². The molecule has 3 unspecified atom stereocenters. The second kappa shape index (κ2) is 12.6. The Balaban J connectivity index is 1.71. The summed E-state index contributed by atoms with van der Waals surface area (Å²) in [5.74, 6) is -0.911. The molecular weight excluding hydrogens is 534 g/mol. The molecule has 3 heterocycles. The lowest BCUT2D eigenvalue weighted by molar-refractivity contribution is -0.152. The third-order valence-electron chi connectivity index (χ3n) is 7.33. The van der Waals surface area contributed by atoms with Crippen molar-refractivity contribution in [2.75, 3.05) is 26.0 Å². The predicted octanol–water partition coefficient (Wildman–Crippen LogP) is 5.29. The summed E-state index contributed by atoms with van der Waals surface area (Å²) in [7, 11) is 1.34. The fourth-order valence-electron chi connectivity index (χ4n) is 5.38. The molecule has 3 atom stereocenters. The van der Waals surface area contributed by atoms with Crippen LogP contribution < -0.4 is 5.32 Å². The molecule has 0 spiro atoms. The van der Waals surface area contributed by atoms with Gasteiger partial charge in [0.1, 0.15) is 5.60 Å².